The SMILES string of the molecule is CCC(C)CCCCCCCCCCCCC(=O)OC[C@H](COP(=O)(O)OC[C@@H](O)COP(=O)(O)OC[C@@H](COC(=O)CCCCCCCCC(C)C)OC(=O)CCCCCCCCCCCCC(C)CC)OC(=O)CCCCCCCCCCC(C)CC. The summed E-state index contributed by atoms with van der Waals surface area (Å²) in [5.74, 6) is 0.929. The molecule has 19 heteroatoms. The van der Waals surface area contributed by atoms with E-state index < -0.39 is 97.5 Å². The highest BCUT2D eigenvalue weighted by molar-refractivity contribution is 7.47. The van der Waals surface area contributed by atoms with Crippen molar-refractivity contribution < 1.29 is 80.2 Å². The first kappa shape index (κ1) is 87.1. The van der Waals surface area contributed by atoms with Gasteiger partial charge >= 0.3 is 39.5 Å². The first-order valence-electron chi connectivity index (χ1n) is 36.3. The number of esters is 4. The molecule has 0 spiro atoms. The van der Waals surface area contributed by atoms with Crippen LogP contribution in [0.25, 0.3) is 0 Å². The lowest BCUT2D eigenvalue weighted by Gasteiger charge is -2.21. The van der Waals surface area contributed by atoms with Crippen molar-refractivity contribution in [3.8, 4) is 0 Å². The lowest BCUT2D eigenvalue weighted by atomic mass is 9.99. The monoisotopic (exact) mass is 1310 g/mol. The van der Waals surface area contributed by atoms with Crippen molar-refractivity contribution in [2.45, 2.75) is 363 Å². The third-order valence-electron chi connectivity index (χ3n) is 17.2. The number of ether oxygens (including phenoxy) is 4. The zero-order chi connectivity index (χ0) is 66.1. The summed E-state index contributed by atoms with van der Waals surface area (Å²) in [5.41, 5.74) is 0. The summed E-state index contributed by atoms with van der Waals surface area (Å²) < 4.78 is 68.3. The van der Waals surface area contributed by atoms with Crippen LogP contribution < -0.4 is 0 Å². The fraction of sp³-hybridized carbons (Fsp3) is 0.943. The molecule has 0 saturated heterocycles. The number of unbranched alkanes of at least 4 members (excludes halogenated alkanes) is 30. The third kappa shape index (κ3) is 60.7. The zero-order valence-corrected chi connectivity index (χ0v) is 59.8. The normalized spacial score (nSPS) is 15.2. The van der Waals surface area contributed by atoms with E-state index in [9.17, 15) is 43.2 Å². The molecule has 0 aromatic carbocycles. The molecule has 528 valence electrons. The molecule has 0 amide bonds. The molecule has 0 radical (unpaired) electrons. The second-order valence-corrected chi connectivity index (χ2v) is 29.4. The Morgan fingerprint density at radius 2 is 0.539 bits per heavy atom. The van der Waals surface area contributed by atoms with Gasteiger partial charge in [-0.1, -0.05) is 293 Å². The first-order chi connectivity index (χ1) is 42.7. The molecular formula is C70H136O17P2. The Bertz CT molecular complexity index is 1770. The van der Waals surface area contributed by atoms with Crippen molar-refractivity contribution in [3.05, 3.63) is 0 Å². The highest BCUT2D eigenvalue weighted by Crippen LogP contribution is 2.45. The van der Waals surface area contributed by atoms with Gasteiger partial charge in [0.15, 0.2) is 12.2 Å². The summed E-state index contributed by atoms with van der Waals surface area (Å²) in [5, 5.41) is 10.6. The first-order valence-corrected chi connectivity index (χ1v) is 39.3. The van der Waals surface area contributed by atoms with Crippen LogP contribution in [0.5, 0.6) is 0 Å². The summed E-state index contributed by atoms with van der Waals surface area (Å²) in [6.07, 6.45) is 41.6. The number of phosphoric ester groups is 2. The summed E-state index contributed by atoms with van der Waals surface area (Å²) in [6.45, 7) is 14.1. The average Bonchev–Trinajstić information content (AvgIpc) is 3.72. The van der Waals surface area contributed by atoms with Gasteiger partial charge in [0.2, 0.25) is 0 Å². The van der Waals surface area contributed by atoms with Gasteiger partial charge in [0.05, 0.1) is 26.4 Å². The van der Waals surface area contributed by atoms with Crippen LogP contribution in [-0.4, -0.2) is 96.7 Å². The average molecular weight is 1310 g/mol. The Balaban J connectivity index is 5.26. The van der Waals surface area contributed by atoms with Crippen molar-refractivity contribution in [1.29, 1.82) is 0 Å². The van der Waals surface area contributed by atoms with Crippen molar-refractivity contribution in [3.63, 3.8) is 0 Å². The second kappa shape index (κ2) is 59.8. The van der Waals surface area contributed by atoms with Gasteiger partial charge in [0, 0.05) is 25.7 Å². The van der Waals surface area contributed by atoms with Crippen molar-refractivity contribution in [2.24, 2.45) is 23.7 Å². The number of carbonyl (C=O) groups excluding carboxylic acids is 4. The molecule has 0 saturated carbocycles. The van der Waals surface area contributed by atoms with Gasteiger partial charge in [-0.25, -0.2) is 9.13 Å². The van der Waals surface area contributed by atoms with Gasteiger partial charge in [-0.15, -0.1) is 0 Å². The minimum Gasteiger partial charge on any atom is -0.462 e. The van der Waals surface area contributed by atoms with E-state index in [1.165, 1.54) is 141 Å². The lowest BCUT2D eigenvalue weighted by Crippen LogP contribution is -2.30. The predicted octanol–water partition coefficient (Wildman–Crippen LogP) is 19.7. The zero-order valence-electron chi connectivity index (χ0n) is 58.1. The van der Waals surface area contributed by atoms with Crippen LogP contribution >= 0.6 is 15.6 Å². The number of carbonyl (C=O) groups is 4. The molecule has 0 aliphatic rings. The maximum atomic E-state index is 13.0. The second-order valence-electron chi connectivity index (χ2n) is 26.5. The fourth-order valence-corrected chi connectivity index (χ4v) is 12.0. The Labute approximate surface area is 543 Å². The Morgan fingerprint density at radius 1 is 0.315 bits per heavy atom. The maximum Gasteiger partial charge on any atom is 0.472 e. The number of aliphatic hydroxyl groups is 1. The molecule has 0 aliphatic carbocycles. The summed E-state index contributed by atoms with van der Waals surface area (Å²) in [7, 11) is -9.90. The Hall–Kier alpha value is -1.94. The molecule has 89 heavy (non-hydrogen) atoms. The highest BCUT2D eigenvalue weighted by atomic mass is 31.2. The molecule has 8 atom stereocenters. The van der Waals surface area contributed by atoms with E-state index in [1.807, 2.05) is 0 Å². The van der Waals surface area contributed by atoms with E-state index in [4.69, 9.17) is 37.0 Å². The highest BCUT2D eigenvalue weighted by Gasteiger charge is 2.30. The van der Waals surface area contributed by atoms with Gasteiger partial charge < -0.3 is 33.8 Å². The standard InChI is InChI=1S/C70H136O17P2/c1-9-61(6)47-39-31-22-16-12-14-18-25-34-42-50-67(72)80-56-65(87-70(75)53-45-37-27-21-20-24-33-41-49-63(8)11-3)58-84-88(76,77)82-54-64(71)55-83-89(78,79)85-59-66(57-81-68(73)51-43-35-29-28-30-38-46-60(4)5)86-69(74)52-44-36-26-19-15-13-17-23-32-40-48-62(7)10-2/h60-66,71H,9-59H2,1-8H3,(H,76,77)(H,78,79)/t61?,62?,63?,64-,65-,66-/m1/s1. The number of hydrogen-bond acceptors (Lipinski definition) is 15. The Kier molecular flexibility index (Phi) is 58.5. The predicted molar refractivity (Wildman–Crippen MR) is 358 cm³/mol. The minimum absolute atomic E-state index is 0.104. The molecule has 0 heterocycles. The van der Waals surface area contributed by atoms with Crippen LogP contribution in [0.2, 0.25) is 0 Å². The quantitative estimate of drug-likeness (QED) is 0.0222. The van der Waals surface area contributed by atoms with Crippen molar-refractivity contribution in [2.75, 3.05) is 39.6 Å². The number of phosphoric acid groups is 2. The van der Waals surface area contributed by atoms with Crippen LogP contribution in [0, 0.1) is 23.7 Å². The van der Waals surface area contributed by atoms with Crippen LogP contribution in [0.15, 0.2) is 0 Å². The maximum absolute atomic E-state index is 13.0. The number of rotatable bonds is 67. The molecule has 17 nitrogen and oxygen atoms in total. The van der Waals surface area contributed by atoms with E-state index in [-0.39, 0.29) is 25.7 Å². The van der Waals surface area contributed by atoms with Crippen LogP contribution in [-0.2, 0) is 65.4 Å². The van der Waals surface area contributed by atoms with E-state index in [0.29, 0.717) is 31.6 Å². The van der Waals surface area contributed by atoms with Crippen molar-refractivity contribution in [1.82, 2.24) is 0 Å². The molecule has 3 N–H and O–H groups in total. The van der Waals surface area contributed by atoms with Crippen LogP contribution in [0.3, 0.4) is 0 Å². The smallest absolute Gasteiger partial charge is 0.462 e. The van der Waals surface area contributed by atoms with E-state index in [1.54, 1.807) is 0 Å². The summed E-state index contributed by atoms with van der Waals surface area (Å²) >= 11 is 0. The molecule has 0 aromatic heterocycles. The lowest BCUT2D eigenvalue weighted by molar-refractivity contribution is -0.161. The molecule has 0 aromatic rings. The van der Waals surface area contributed by atoms with Gasteiger partial charge in [-0.3, -0.25) is 37.3 Å². The Morgan fingerprint density at radius 3 is 0.798 bits per heavy atom. The van der Waals surface area contributed by atoms with Gasteiger partial charge in [0.1, 0.15) is 19.3 Å². The van der Waals surface area contributed by atoms with Crippen LogP contribution in [0.4, 0.5) is 0 Å². The minimum atomic E-state index is -4.95. The topological polar surface area (TPSA) is 237 Å². The molecule has 0 rings (SSSR count). The van der Waals surface area contributed by atoms with E-state index >= 15 is 0 Å². The molecule has 5 unspecified atom stereocenters. The molecule has 0 fully saturated rings. The van der Waals surface area contributed by atoms with Gasteiger partial charge in [0.25, 0.3) is 0 Å². The molecule has 0 aliphatic heterocycles. The van der Waals surface area contributed by atoms with Crippen LogP contribution in [0.1, 0.15) is 344 Å². The largest absolute Gasteiger partial charge is 0.472 e. The number of hydrogen-bond donors (Lipinski definition) is 3. The van der Waals surface area contributed by atoms with Gasteiger partial charge in [-0.2, -0.15) is 0 Å². The molecular weight excluding hydrogens is 1170 g/mol. The van der Waals surface area contributed by atoms with Crippen molar-refractivity contribution >= 4 is 39.5 Å². The molecule has 0 bridgehead atoms. The van der Waals surface area contributed by atoms with Gasteiger partial charge in [-0.05, 0) is 49.4 Å². The summed E-state index contributed by atoms with van der Waals surface area (Å²) in [6, 6.07) is 0. The number of aliphatic hydroxyl groups excluding tert-OH is 1. The van der Waals surface area contributed by atoms with E-state index in [2.05, 4.69) is 55.4 Å². The fourth-order valence-electron chi connectivity index (χ4n) is 10.4. The third-order valence-corrected chi connectivity index (χ3v) is 19.1. The summed E-state index contributed by atoms with van der Waals surface area (Å²) in [4.78, 5) is 72.5. The van der Waals surface area contributed by atoms with E-state index in [0.717, 1.165) is 114 Å².